The minimum Gasteiger partial charge on any atom is -0.348 e. The molecule has 1 aromatic carbocycles. The van der Waals surface area contributed by atoms with Crippen molar-refractivity contribution in [2.45, 2.75) is 29.9 Å². The molecular formula is C25H25ClN5S2+. The number of pyridine rings is 1. The SMILES string of the molecule is Clc1ccc(SCc2nc(N3CCN(c4cccc[nH+]4)CC3)c3c4c(sc3n2)CCC4)cc1. The van der Waals surface area contributed by atoms with Gasteiger partial charge in [0, 0.05) is 20.9 Å². The first-order valence-electron chi connectivity index (χ1n) is 11.4. The number of aryl methyl sites for hydroxylation is 2. The molecule has 0 unspecified atom stereocenters. The van der Waals surface area contributed by atoms with Gasteiger partial charge in [0.25, 0.3) is 5.82 Å². The van der Waals surface area contributed by atoms with Gasteiger partial charge < -0.3 is 4.90 Å². The van der Waals surface area contributed by atoms with E-state index in [1.807, 2.05) is 35.7 Å². The maximum Gasteiger partial charge on any atom is 0.274 e. The molecule has 1 aliphatic carbocycles. The number of rotatable bonds is 5. The number of nitrogens with one attached hydrogen (secondary N) is 1. The van der Waals surface area contributed by atoms with E-state index in [2.05, 4.69) is 39.0 Å². The minimum absolute atomic E-state index is 0.756. The zero-order valence-corrected chi connectivity index (χ0v) is 20.6. The first-order chi connectivity index (χ1) is 16.2. The second-order valence-corrected chi connectivity index (χ2v) is 11.0. The number of nitrogens with zero attached hydrogens (tertiary/aromatic N) is 4. The largest absolute Gasteiger partial charge is 0.348 e. The maximum absolute atomic E-state index is 6.04. The Hall–Kier alpha value is -2.35. The van der Waals surface area contributed by atoms with Crippen LogP contribution in [0.25, 0.3) is 10.2 Å². The van der Waals surface area contributed by atoms with E-state index in [1.54, 1.807) is 11.8 Å². The summed E-state index contributed by atoms with van der Waals surface area (Å²) < 4.78 is 0. The number of hydrogen-bond acceptors (Lipinski definition) is 6. The van der Waals surface area contributed by atoms with Gasteiger partial charge in [-0.3, -0.25) is 4.90 Å². The third kappa shape index (κ3) is 4.29. The number of thioether (sulfide) groups is 1. The van der Waals surface area contributed by atoms with Crippen LogP contribution in [0.5, 0.6) is 0 Å². The molecule has 168 valence electrons. The van der Waals surface area contributed by atoms with Crippen LogP contribution in [0.2, 0.25) is 5.02 Å². The lowest BCUT2D eigenvalue weighted by atomic mass is 10.1. The molecule has 1 saturated heterocycles. The number of H-pyrrole nitrogens is 1. The van der Waals surface area contributed by atoms with E-state index in [-0.39, 0.29) is 0 Å². The highest BCUT2D eigenvalue weighted by Gasteiger charge is 2.29. The van der Waals surface area contributed by atoms with E-state index < -0.39 is 0 Å². The summed E-state index contributed by atoms with van der Waals surface area (Å²) in [5.74, 6) is 3.99. The van der Waals surface area contributed by atoms with Crippen LogP contribution in [-0.2, 0) is 18.6 Å². The molecule has 4 aromatic rings. The Bertz CT molecular complexity index is 1270. The Morgan fingerprint density at radius 2 is 1.79 bits per heavy atom. The fourth-order valence-electron chi connectivity index (χ4n) is 4.73. The highest BCUT2D eigenvalue weighted by molar-refractivity contribution is 7.98. The molecule has 0 spiro atoms. The number of aromatic amines is 1. The van der Waals surface area contributed by atoms with Crippen molar-refractivity contribution in [2.75, 3.05) is 36.0 Å². The zero-order chi connectivity index (χ0) is 22.2. The summed E-state index contributed by atoms with van der Waals surface area (Å²) in [5.41, 5.74) is 1.50. The minimum atomic E-state index is 0.756. The highest BCUT2D eigenvalue weighted by Crippen LogP contribution is 2.41. The normalized spacial score (nSPS) is 15.9. The molecule has 5 nitrogen and oxygen atoms in total. The Balaban J connectivity index is 1.28. The third-order valence-corrected chi connectivity index (χ3v) is 8.83. The number of anilines is 2. The van der Waals surface area contributed by atoms with Crippen molar-refractivity contribution in [1.82, 2.24) is 9.97 Å². The fraction of sp³-hybridized carbons (Fsp3) is 0.320. The van der Waals surface area contributed by atoms with Crippen LogP contribution in [0.4, 0.5) is 11.6 Å². The molecule has 0 bridgehead atoms. The van der Waals surface area contributed by atoms with Crippen molar-refractivity contribution in [3.63, 3.8) is 0 Å². The fourth-order valence-corrected chi connectivity index (χ4v) is 6.89. The first kappa shape index (κ1) is 21.2. The molecule has 3 aromatic heterocycles. The van der Waals surface area contributed by atoms with Gasteiger partial charge in [-0.1, -0.05) is 17.7 Å². The summed E-state index contributed by atoms with van der Waals surface area (Å²) in [6.07, 6.45) is 5.59. The molecule has 4 heterocycles. The average molecular weight is 495 g/mol. The highest BCUT2D eigenvalue weighted by atomic mass is 35.5. The Morgan fingerprint density at radius 3 is 2.58 bits per heavy atom. The average Bonchev–Trinajstić information content (AvgIpc) is 3.45. The molecule has 0 saturated carbocycles. The van der Waals surface area contributed by atoms with E-state index in [4.69, 9.17) is 21.6 Å². The summed E-state index contributed by atoms with van der Waals surface area (Å²) in [4.78, 5) is 22.3. The van der Waals surface area contributed by atoms with E-state index in [0.29, 0.717) is 0 Å². The van der Waals surface area contributed by atoms with Gasteiger partial charge in [0.05, 0.1) is 30.4 Å². The topological polar surface area (TPSA) is 46.4 Å². The number of piperazine rings is 1. The Morgan fingerprint density at radius 1 is 0.970 bits per heavy atom. The number of halogens is 1. The predicted molar refractivity (Wildman–Crippen MR) is 138 cm³/mol. The van der Waals surface area contributed by atoms with Crippen molar-refractivity contribution in [3.8, 4) is 0 Å². The smallest absolute Gasteiger partial charge is 0.274 e. The summed E-state index contributed by atoms with van der Waals surface area (Å²) in [6, 6.07) is 14.3. The third-order valence-electron chi connectivity index (χ3n) is 6.39. The van der Waals surface area contributed by atoms with Crippen LogP contribution < -0.4 is 14.8 Å². The van der Waals surface area contributed by atoms with Crippen molar-refractivity contribution < 1.29 is 4.98 Å². The molecule has 2 aliphatic rings. The molecule has 33 heavy (non-hydrogen) atoms. The zero-order valence-electron chi connectivity index (χ0n) is 18.3. The Kier molecular flexibility index (Phi) is 5.86. The summed E-state index contributed by atoms with van der Waals surface area (Å²) in [6.45, 7) is 3.88. The molecule has 1 N–H and O–H groups in total. The number of aromatic nitrogens is 3. The van der Waals surface area contributed by atoms with Crippen LogP contribution in [0, 0.1) is 0 Å². The molecular weight excluding hydrogens is 470 g/mol. The molecule has 0 radical (unpaired) electrons. The standard InChI is InChI=1S/C25H24ClN5S2/c26-17-7-9-18(10-8-17)32-16-21-28-24(23-19-4-3-5-20(19)33-25(23)29-21)31-14-12-30(13-15-31)22-6-1-2-11-27-22/h1-2,6-11H,3-5,12-16H2/p+1. The van der Waals surface area contributed by atoms with Crippen molar-refractivity contribution in [2.24, 2.45) is 0 Å². The lowest BCUT2D eigenvalue weighted by Gasteiger charge is -2.32. The first-order valence-corrected chi connectivity index (χ1v) is 13.6. The van der Waals surface area contributed by atoms with Gasteiger partial charge in [-0.05, 0) is 55.2 Å². The maximum atomic E-state index is 6.04. The lowest BCUT2D eigenvalue weighted by molar-refractivity contribution is -0.364. The molecule has 0 amide bonds. The van der Waals surface area contributed by atoms with Crippen molar-refractivity contribution in [1.29, 1.82) is 0 Å². The van der Waals surface area contributed by atoms with Gasteiger partial charge in [0.1, 0.15) is 29.6 Å². The van der Waals surface area contributed by atoms with Crippen LogP contribution in [0.1, 0.15) is 22.7 Å². The Labute approximate surface area is 206 Å². The number of hydrogen-bond donors (Lipinski definition) is 0. The van der Waals surface area contributed by atoms with Crippen LogP contribution in [-0.4, -0.2) is 36.1 Å². The van der Waals surface area contributed by atoms with Gasteiger partial charge in [-0.15, -0.1) is 23.1 Å². The van der Waals surface area contributed by atoms with E-state index in [0.717, 1.165) is 59.8 Å². The number of fused-ring (bicyclic) bond motifs is 3. The van der Waals surface area contributed by atoms with Crippen molar-refractivity contribution >= 4 is 56.6 Å². The van der Waals surface area contributed by atoms with Crippen LogP contribution >= 0.6 is 34.7 Å². The second-order valence-electron chi connectivity index (χ2n) is 8.47. The van der Waals surface area contributed by atoms with E-state index in [9.17, 15) is 0 Å². The van der Waals surface area contributed by atoms with Gasteiger partial charge in [0.15, 0.2) is 0 Å². The summed E-state index contributed by atoms with van der Waals surface area (Å²) in [5, 5.41) is 2.08. The van der Waals surface area contributed by atoms with Crippen LogP contribution in [0.15, 0.2) is 53.6 Å². The van der Waals surface area contributed by atoms with Gasteiger partial charge in [-0.2, -0.15) is 0 Å². The van der Waals surface area contributed by atoms with Gasteiger partial charge in [0.2, 0.25) is 0 Å². The van der Waals surface area contributed by atoms with E-state index in [1.165, 1.54) is 39.4 Å². The van der Waals surface area contributed by atoms with Crippen molar-refractivity contribution in [3.05, 3.63) is 69.9 Å². The monoisotopic (exact) mass is 494 g/mol. The summed E-state index contributed by atoms with van der Waals surface area (Å²) in [7, 11) is 0. The molecule has 8 heteroatoms. The number of benzene rings is 1. The lowest BCUT2D eigenvalue weighted by Crippen LogP contribution is -2.48. The van der Waals surface area contributed by atoms with Gasteiger partial charge >= 0.3 is 0 Å². The molecule has 0 atom stereocenters. The second kappa shape index (κ2) is 9.12. The number of thiophene rings is 1. The van der Waals surface area contributed by atoms with Gasteiger partial charge in [-0.25, -0.2) is 15.0 Å². The molecule has 1 fully saturated rings. The summed E-state index contributed by atoms with van der Waals surface area (Å²) >= 11 is 9.69. The van der Waals surface area contributed by atoms with Crippen LogP contribution in [0.3, 0.4) is 0 Å². The quantitative estimate of drug-likeness (QED) is 0.354. The molecule has 1 aliphatic heterocycles. The predicted octanol–water partition coefficient (Wildman–Crippen LogP) is 5.27. The molecule has 6 rings (SSSR count). The van der Waals surface area contributed by atoms with E-state index >= 15 is 0 Å².